The van der Waals surface area contributed by atoms with Crippen LogP contribution in [0.1, 0.15) is 71.3 Å². The lowest BCUT2D eigenvalue weighted by atomic mass is 9.46. The van der Waals surface area contributed by atoms with Crippen molar-refractivity contribution in [3.05, 3.63) is 41.5 Å². The van der Waals surface area contributed by atoms with Crippen molar-refractivity contribution in [3.63, 3.8) is 0 Å². The van der Waals surface area contributed by atoms with Gasteiger partial charge in [0.25, 0.3) is 0 Å². The van der Waals surface area contributed by atoms with E-state index in [2.05, 4.69) is 20.8 Å². The second-order valence-corrected chi connectivity index (χ2v) is 11.0. The first kappa shape index (κ1) is 27.8. The van der Waals surface area contributed by atoms with E-state index in [0.717, 1.165) is 38.5 Å². The lowest BCUT2D eigenvalue weighted by Gasteiger charge is -2.57. The molecule has 0 aromatic heterocycles. The third-order valence-electron chi connectivity index (χ3n) is 8.94. The molecule has 7 nitrogen and oxygen atoms in total. The van der Waals surface area contributed by atoms with Crippen LogP contribution in [0.25, 0.3) is 6.08 Å². The quantitative estimate of drug-likeness (QED) is 0.195. The van der Waals surface area contributed by atoms with Gasteiger partial charge in [0.05, 0.1) is 6.61 Å². The fourth-order valence-corrected chi connectivity index (χ4v) is 6.51. The summed E-state index contributed by atoms with van der Waals surface area (Å²) in [5.41, 5.74) is 0.739. The first-order chi connectivity index (χ1) is 17.0. The van der Waals surface area contributed by atoms with Gasteiger partial charge in [-0.3, -0.25) is 0 Å². The molecule has 3 rings (SSSR count). The topological polar surface area (TPSA) is 124 Å². The molecule has 2 aliphatic rings. The summed E-state index contributed by atoms with van der Waals surface area (Å²) >= 11 is 0. The largest absolute Gasteiger partial charge is 0.504 e. The number of rotatable bonds is 10. The summed E-state index contributed by atoms with van der Waals surface area (Å²) in [6.07, 6.45) is 10.5. The lowest BCUT2D eigenvalue weighted by molar-refractivity contribution is -0.139. The predicted octanol–water partition coefficient (Wildman–Crippen LogP) is 5.30. The van der Waals surface area contributed by atoms with E-state index in [1.807, 2.05) is 6.08 Å². The third kappa shape index (κ3) is 5.94. The van der Waals surface area contributed by atoms with Gasteiger partial charge in [-0.2, -0.15) is 0 Å². The van der Waals surface area contributed by atoms with Crippen molar-refractivity contribution >= 4 is 18.0 Å². The molecule has 0 aliphatic heterocycles. The molecule has 2 aliphatic carbocycles. The first-order valence-corrected chi connectivity index (χ1v) is 12.9. The van der Waals surface area contributed by atoms with Crippen molar-refractivity contribution in [2.45, 2.75) is 65.7 Å². The number of carbonyl (C=O) groups is 2. The Balaban J connectivity index is 1.63. The standard InChI is InChI=1S/C29H40O7/c1-19-11-14-29(3)22(27(34)35)5-4-6-25(29)28(19,2)15-12-21(13-16-30)18-36-26(33)10-8-20-7-9-23(31)24(32)17-20/h5,7-10,17,19,21,25,30-32H,4,6,11-16,18H2,1-3H3,(H,34,35)/b10-8+/t19-,21-,25+,28+,29-/m1/s1. The van der Waals surface area contributed by atoms with Crippen LogP contribution in [0.5, 0.6) is 11.5 Å². The van der Waals surface area contributed by atoms with E-state index in [1.54, 1.807) is 6.07 Å². The summed E-state index contributed by atoms with van der Waals surface area (Å²) in [6, 6.07) is 4.27. The highest BCUT2D eigenvalue weighted by Crippen LogP contribution is 2.62. The number of aliphatic hydroxyl groups is 1. The van der Waals surface area contributed by atoms with E-state index < -0.39 is 11.9 Å². The summed E-state index contributed by atoms with van der Waals surface area (Å²) in [4.78, 5) is 24.3. The molecule has 0 unspecified atom stereocenters. The van der Waals surface area contributed by atoms with Gasteiger partial charge in [0.2, 0.25) is 0 Å². The van der Waals surface area contributed by atoms with Crippen LogP contribution in [0.3, 0.4) is 0 Å². The van der Waals surface area contributed by atoms with E-state index in [4.69, 9.17) is 4.74 Å². The molecule has 0 radical (unpaired) electrons. The van der Waals surface area contributed by atoms with Crippen LogP contribution in [0.4, 0.5) is 0 Å². The molecule has 1 aromatic rings. The van der Waals surface area contributed by atoms with Crippen LogP contribution in [0.15, 0.2) is 35.9 Å². The number of benzene rings is 1. The summed E-state index contributed by atoms with van der Waals surface area (Å²) in [7, 11) is 0. The van der Waals surface area contributed by atoms with E-state index >= 15 is 0 Å². The fourth-order valence-electron chi connectivity index (χ4n) is 6.51. The van der Waals surface area contributed by atoms with Crippen molar-refractivity contribution in [2.75, 3.05) is 13.2 Å². The number of aliphatic carboxylic acids is 1. The Morgan fingerprint density at radius 1 is 1.17 bits per heavy atom. The minimum Gasteiger partial charge on any atom is -0.504 e. The van der Waals surface area contributed by atoms with Crippen LogP contribution < -0.4 is 0 Å². The number of esters is 1. The Bertz CT molecular complexity index is 1010. The van der Waals surface area contributed by atoms with Gasteiger partial charge >= 0.3 is 11.9 Å². The lowest BCUT2D eigenvalue weighted by Crippen LogP contribution is -2.51. The molecule has 5 atom stereocenters. The second kappa shape index (κ2) is 11.5. The normalized spacial score (nSPS) is 28.8. The molecule has 1 saturated carbocycles. The average Bonchev–Trinajstić information content (AvgIpc) is 2.84. The number of allylic oxidation sites excluding steroid dienone is 1. The van der Waals surface area contributed by atoms with Crippen molar-refractivity contribution in [2.24, 2.45) is 28.6 Å². The molecule has 0 saturated heterocycles. The van der Waals surface area contributed by atoms with Gasteiger partial charge in [-0.05, 0) is 91.9 Å². The van der Waals surface area contributed by atoms with Gasteiger partial charge in [0.15, 0.2) is 11.5 Å². The number of phenolic OH excluding ortho intramolecular Hbond substituents is 2. The van der Waals surface area contributed by atoms with Gasteiger partial charge in [0, 0.05) is 23.7 Å². The molecule has 4 N–H and O–H groups in total. The number of aromatic hydroxyl groups is 2. The number of carboxylic acids is 1. The number of aliphatic hydroxyl groups excluding tert-OH is 1. The summed E-state index contributed by atoms with van der Waals surface area (Å²) in [5.74, 6) is -1.10. The minimum absolute atomic E-state index is 0.000325. The number of hydrogen-bond donors (Lipinski definition) is 4. The molecule has 1 fully saturated rings. The zero-order valence-electron chi connectivity index (χ0n) is 21.6. The van der Waals surface area contributed by atoms with Crippen molar-refractivity contribution in [1.29, 1.82) is 0 Å². The Morgan fingerprint density at radius 2 is 1.92 bits per heavy atom. The molecule has 1 aromatic carbocycles. The van der Waals surface area contributed by atoms with E-state index in [9.17, 15) is 30.0 Å². The number of carboxylic acid groups (broad SMARTS) is 1. The highest BCUT2D eigenvalue weighted by atomic mass is 16.5. The fraction of sp³-hybridized carbons (Fsp3) is 0.586. The maximum absolute atomic E-state index is 12.3. The first-order valence-electron chi connectivity index (χ1n) is 12.9. The molecule has 0 spiro atoms. The van der Waals surface area contributed by atoms with Gasteiger partial charge < -0.3 is 25.2 Å². The zero-order chi connectivity index (χ0) is 26.5. The monoisotopic (exact) mass is 500 g/mol. The van der Waals surface area contributed by atoms with Crippen molar-refractivity contribution in [1.82, 2.24) is 0 Å². The van der Waals surface area contributed by atoms with E-state index in [1.165, 1.54) is 24.3 Å². The van der Waals surface area contributed by atoms with E-state index in [-0.39, 0.29) is 47.4 Å². The maximum Gasteiger partial charge on any atom is 0.331 e. The SMILES string of the molecule is C[C@@H]1CC[C@]2(C)C(C(=O)O)=CCC[C@H]2[C@@]1(C)CC[C@H](CCO)COC(=O)/C=C/c1ccc(O)c(O)c1. The Morgan fingerprint density at radius 3 is 2.58 bits per heavy atom. The molecule has 0 amide bonds. The van der Waals surface area contributed by atoms with Crippen LogP contribution in [0.2, 0.25) is 0 Å². The Kier molecular flexibility index (Phi) is 8.88. The highest BCUT2D eigenvalue weighted by molar-refractivity contribution is 5.88. The van der Waals surface area contributed by atoms with Crippen LogP contribution in [0, 0.1) is 28.6 Å². The Hall–Kier alpha value is -2.80. The number of carbonyl (C=O) groups excluding carboxylic acids is 1. The molecule has 0 heterocycles. The summed E-state index contributed by atoms with van der Waals surface area (Å²) < 4.78 is 5.47. The molecule has 198 valence electrons. The Labute approximate surface area is 213 Å². The zero-order valence-corrected chi connectivity index (χ0v) is 21.6. The number of ether oxygens (including phenoxy) is 1. The summed E-state index contributed by atoms with van der Waals surface area (Å²) in [6.45, 7) is 6.88. The smallest absolute Gasteiger partial charge is 0.331 e. The van der Waals surface area contributed by atoms with Crippen LogP contribution in [-0.2, 0) is 14.3 Å². The number of fused-ring (bicyclic) bond motifs is 1. The molecular weight excluding hydrogens is 460 g/mol. The van der Waals surface area contributed by atoms with Gasteiger partial charge in [-0.25, -0.2) is 9.59 Å². The number of hydrogen-bond acceptors (Lipinski definition) is 6. The molecular formula is C29H40O7. The van der Waals surface area contributed by atoms with Crippen LogP contribution >= 0.6 is 0 Å². The summed E-state index contributed by atoms with van der Waals surface area (Å²) in [5, 5.41) is 38.4. The maximum atomic E-state index is 12.3. The van der Waals surface area contributed by atoms with E-state index in [0.29, 0.717) is 23.5 Å². The van der Waals surface area contributed by atoms with Gasteiger partial charge in [-0.15, -0.1) is 0 Å². The van der Waals surface area contributed by atoms with Gasteiger partial charge in [-0.1, -0.05) is 32.9 Å². The molecule has 7 heteroatoms. The average molecular weight is 501 g/mol. The third-order valence-corrected chi connectivity index (χ3v) is 8.94. The number of phenols is 2. The molecule has 36 heavy (non-hydrogen) atoms. The van der Waals surface area contributed by atoms with Crippen molar-refractivity contribution in [3.8, 4) is 11.5 Å². The minimum atomic E-state index is -0.806. The predicted molar refractivity (Wildman–Crippen MR) is 137 cm³/mol. The highest BCUT2D eigenvalue weighted by Gasteiger charge is 2.55. The van der Waals surface area contributed by atoms with Gasteiger partial charge in [0.1, 0.15) is 0 Å². The van der Waals surface area contributed by atoms with Crippen molar-refractivity contribution < 1.29 is 34.8 Å². The second-order valence-electron chi connectivity index (χ2n) is 11.0. The molecule has 0 bridgehead atoms. The van der Waals surface area contributed by atoms with Crippen LogP contribution in [-0.4, -0.2) is 45.6 Å².